The molecule has 2 rings (SSSR count). The zero-order valence-corrected chi connectivity index (χ0v) is 22.5. The lowest BCUT2D eigenvalue weighted by atomic mass is 9.99. The standard InChI is InChI=1S/C24H41N2O6P.2CH4/c1-23(2,3)16-32-33(28,24(4,5)6)26-12-10-18(11-13-26)25-22(27)17-14-19(29-7)21(31-9)20(15-17)30-8;;/h14-15,18H,10-13,16H2,1-9H3,(H,25,27);2*1H4. The minimum atomic E-state index is -3.05. The molecule has 204 valence electrons. The third-order valence-corrected chi connectivity index (χ3v) is 8.95. The Labute approximate surface area is 213 Å². The Morgan fingerprint density at radius 2 is 1.46 bits per heavy atom. The van der Waals surface area contributed by atoms with Crippen LogP contribution in [0.25, 0.3) is 0 Å². The van der Waals surface area contributed by atoms with Gasteiger partial charge in [0.15, 0.2) is 11.5 Å². The van der Waals surface area contributed by atoms with Gasteiger partial charge in [0.25, 0.3) is 13.4 Å². The highest BCUT2D eigenvalue weighted by Crippen LogP contribution is 2.62. The maximum Gasteiger partial charge on any atom is 0.277 e. The summed E-state index contributed by atoms with van der Waals surface area (Å²) < 4.78 is 38.1. The van der Waals surface area contributed by atoms with Crippen molar-refractivity contribution in [2.45, 2.75) is 80.4 Å². The molecule has 1 atom stereocenters. The molecule has 0 aliphatic carbocycles. The van der Waals surface area contributed by atoms with Crippen molar-refractivity contribution >= 4 is 13.4 Å². The number of nitrogens with zero attached hydrogens (tertiary/aromatic N) is 1. The molecule has 0 aromatic heterocycles. The summed E-state index contributed by atoms with van der Waals surface area (Å²) in [7, 11) is 1.51. The molecule has 9 heteroatoms. The predicted octanol–water partition coefficient (Wildman–Crippen LogP) is 6.23. The predicted molar refractivity (Wildman–Crippen MR) is 144 cm³/mol. The molecule has 1 aliphatic heterocycles. The van der Waals surface area contributed by atoms with Gasteiger partial charge in [-0.1, -0.05) is 35.6 Å². The lowest BCUT2D eigenvalue weighted by Gasteiger charge is -2.43. The summed E-state index contributed by atoms with van der Waals surface area (Å²) in [4.78, 5) is 12.9. The van der Waals surface area contributed by atoms with E-state index < -0.39 is 12.7 Å². The molecule has 1 N–H and O–H groups in total. The molecule has 0 spiro atoms. The number of piperidine rings is 1. The van der Waals surface area contributed by atoms with Crippen LogP contribution in [0.3, 0.4) is 0 Å². The van der Waals surface area contributed by atoms with Gasteiger partial charge in [0.2, 0.25) is 5.75 Å². The lowest BCUT2D eigenvalue weighted by molar-refractivity contribution is 0.0918. The summed E-state index contributed by atoms with van der Waals surface area (Å²) in [5.41, 5.74) is 0.356. The Bertz CT molecular complexity index is 843. The number of ether oxygens (including phenoxy) is 3. The topological polar surface area (TPSA) is 86.3 Å². The van der Waals surface area contributed by atoms with Crippen LogP contribution in [0, 0.1) is 5.41 Å². The van der Waals surface area contributed by atoms with Crippen LogP contribution in [0.4, 0.5) is 0 Å². The van der Waals surface area contributed by atoms with E-state index in [4.69, 9.17) is 18.7 Å². The van der Waals surface area contributed by atoms with Gasteiger partial charge in [-0.05, 0) is 51.2 Å². The van der Waals surface area contributed by atoms with E-state index in [-0.39, 0.29) is 32.2 Å². The zero-order chi connectivity index (χ0) is 25.0. The van der Waals surface area contributed by atoms with Crippen molar-refractivity contribution in [1.82, 2.24) is 9.99 Å². The average Bonchev–Trinajstić information content (AvgIpc) is 2.75. The summed E-state index contributed by atoms with van der Waals surface area (Å²) in [5, 5.41) is 2.60. The summed E-state index contributed by atoms with van der Waals surface area (Å²) in [5.74, 6) is 1.09. The molecule has 1 aromatic rings. The number of nitrogens with one attached hydrogen (secondary N) is 1. The molecule has 1 saturated heterocycles. The fraction of sp³-hybridized carbons (Fsp3) is 0.731. The average molecular weight is 517 g/mol. The Morgan fingerprint density at radius 3 is 1.83 bits per heavy atom. The number of carbonyl (C=O) groups excluding carboxylic acids is 1. The van der Waals surface area contributed by atoms with Crippen LogP contribution in [-0.2, 0) is 9.09 Å². The molecule has 1 unspecified atom stereocenters. The zero-order valence-electron chi connectivity index (χ0n) is 21.6. The highest BCUT2D eigenvalue weighted by molar-refractivity contribution is 7.58. The fourth-order valence-corrected chi connectivity index (χ4v) is 6.45. The maximum atomic E-state index is 14.0. The van der Waals surface area contributed by atoms with Crippen molar-refractivity contribution in [2.24, 2.45) is 5.41 Å². The van der Waals surface area contributed by atoms with Gasteiger partial charge in [-0.25, -0.2) is 4.67 Å². The van der Waals surface area contributed by atoms with Crippen molar-refractivity contribution in [3.05, 3.63) is 17.7 Å². The minimum Gasteiger partial charge on any atom is -0.493 e. The largest absolute Gasteiger partial charge is 0.493 e. The van der Waals surface area contributed by atoms with Gasteiger partial charge in [0, 0.05) is 24.7 Å². The normalized spacial score (nSPS) is 16.8. The molecule has 0 radical (unpaired) electrons. The first-order chi connectivity index (χ1) is 15.3. The van der Waals surface area contributed by atoms with Crippen molar-refractivity contribution in [1.29, 1.82) is 0 Å². The van der Waals surface area contributed by atoms with E-state index in [2.05, 4.69) is 26.1 Å². The molecule has 35 heavy (non-hydrogen) atoms. The first-order valence-corrected chi connectivity index (χ1v) is 12.9. The number of hydrogen-bond acceptors (Lipinski definition) is 6. The molecule has 1 fully saturated rings. The third kappa shape index (κ3) is 8.12. The Hall–Kier alpha value is -1.76. The maximum absolute atomic E-state index is 14.0. The number of methoxy groups -OCH3 is 3. The van der Waals surface area contributed by atoms with Crippen LogP contribution in [-0.4, -0.2) is 62.8 Å². The van der Waals surface area contributed by atoms with E-state index in [0.717, 1.165) is 0 Å². The second-order valence-electron chi connectivity index (χ2n) is 10.6. The second-order valence-corrected chi connectivity index (χ2v) is 13.8. The number of benzene rings is 1. The van der Waals surface area contributed by atoms with Crippen LogP contribution >= 0.6 is 7.52 Å². The molecule has 0 bridgehead atoms. The van der Waals surface area contributed by atoms with Crippen molar-refractivity contribution in [3.63, 3.8) is 0 Å². The number of amides is 1. The van der Waals surface area contributed by atoms with Gasteiger partial charge in [0.05, 0.1) is 33.1 Å². The summed E-state index contributed by atoms with van der Waals surface area (Å²) in [6, 6.07) is 3.25. The molecule has 0 saturated carbocycles. The van der Waals surface area contributed by atoms with Gasteiger partial charge >= 0.3 is 0 Å². The monoisotopic (exact) mass is 516 g/mol. The first-order valence-electron chi connectivity index (χ1n) is 11.4. The number of rotatable bonds is 8. The third-order valence-electron chi connectivity index (χ3n) is 5.63. The van der Waals surface area contributed by atoms with Crippen molar-refractivity contribution < 1.29 is 28.1 Å². The summed E-state index contributed by atoms with van der Waals surface area (Å²) in [6.45, 7) is 13.7. The molecule has 1 heterocycles. The fourth-order valence-electron chi connectivity index (χ4n) is 3.74. The molecular weight excluding hydrogens is 467 g/mol. The first kappa shape index (κ1) is 33.2. The summed E-state index contributed by atoms with van der Waals surface area (Å²) >= 11 is 0. The Kier molecular flexibility index (Phi) is 12.3. The van der Waals surface area contributed by atoms with Gasteiger partial charge in [-0.3, -0.25) is 9.36 Å². The second kappa shape index (κ2) is 13.0. The molecular formula is C26H49N2O6P. The molecule has 1 aromatic carbocycles. The highest BCUT2D eigenvalue weighted by atomic mass is 31.2. The van der Waals surface area contributed by atoms with E-state index in [9.17, 15) is 9.36 Å². The Balaban J connectivity index is 0.00000578. The van der Waals surface area contributed by atoms with Crippen LogP contribution in [0.1, 0.15) is 79.6 Å². The lowest BCUT2D eigenvalue weighted by Crippen LogP contribution is -2.45. The van der Waals surface area contributed by atoms with Crippen LogP contribution < -0.4 is 19.5 Å². The van der Waals surface area contributed by atoms with Crippen LogP contribution in [0.5, 0.6) is 17.2 Å². The minimum absolute atomic E-state index is 0. The number of hydrogen-bond donors (Lipinski definition) is 1. The van der Waals surface area contributed by atoms with Crippen LogP contribution in [0.15, 0.2) is 12.1 Å². The quantitative estimate of drug-likeness (QED) is 0.410. The SMILES string of the molecule is C.C.COc1cc(C(=O)NC2CCN(P(=O)(OCC(C)(C)C)C(C)(C)C)CC2)cc(OC)c1OC. The van der Waals surface area contributed by atoms with E-state index in [1.807, 2.05) is 25.4 Å². The van der Waals surface area contributed by atoms with Crippen molar-refractivity contribution in [2.75, 3.05) is 41.0 Å². The number of carbonyl (C=O) groups is 1. The van der Waals surface area contributed by atoms with Gasteiger partial charge in [-0.15, -0.1) is 0 Å². The van der Waals surface area contributed by atoms with E-state index >= 15 is 0 Å². The van der Waals surface area contributed by atoms with Crippen molar-refractivity contribution in [3.8, 4) is 17.2 Å². The van der Waals surface area contributed by atoms with E-state index in [0.29, 0.717) is 55.4 Å². The van der Waals surface area contributed by atoms with Gasteiger partial charge in [0.1, 0.15) is 0 Å². The molecule has 1 amide bonds. The van der Waals surface area contributed by atoms with Gasteiger partial charge < -0.3 is 24.1 Å². The van der Waals surface area contributed by atoms with E-state index in [1.54, 1.807) is 12.1 Å². The summed E-state index contributed by atoms with van der Waals surface area (Å²) in [6.07, 6.45) is 1.38. The highest BCUT2D eigenvalue weighted by Gasteiger charge is 2.45. The molecule has 8 nitrogen and oxygen atoms in total. The molecule has 1 aliphatic rings. The Morgan fingerprint density at radius 1 is 0.971 bits per heavy atom. The van der Waals surface area contributed by atoms with Gasteiger partial charge in [-0.2, -0.15) is 0 Å². The van der Waals surface area contributed by atoms with E-state index in [1.165, 1.54) is 21.3 Å². The smallest absolute Gasteiger partial charge is 0.277 e. The van der Waals surface area contributed by atoms with Crippen LogP contribution in [0.2, 0.25) is 0 Å².